The molecule has 0 amide bonds. The van der Waals surface area contributed by atoms with Gasteiger partial charge in [0.05, 0.1) is 12.3 Å². The Kier molecular flexibility index (Phi) is 4.74. The van der Waals surface area contributed by atoms with Gasteiger partial charge in [-0.3, -0.25) is 0 Å². The van der Waals surface area contributed by atoms with Gasteiger partial charge in [-0.25, -0.2) is 0 Å². The molecule has 3 nitrogen and oxygen atoms in total. The van der Waals surface area contributed by atoms with Crippen molar-refractivity contribution in [3.05, 3.63) is 53.1 Å². The normalized spacial score (nSPS) is 11.9. The van der Waals surface area contributed by atoms with Crippen molar-refractivity contribution >= 4 is 17.3 Å². The molecule has 0 aliphatic heterocycles. The highest BCUT2D eigenvalue weighted by atomic mass is 35.5. The minimum absolute atomic E-state index is 0.0771. The minimum Gasteiger partial charge on any atom is -0.508 e. The van der Waals surface area contributed by atoms with Gasteiger partial charge in [-0.2, -0.15) is 0 Å². The molecule has 106 valence electrons. The summed E-state index contributed by atoms with van der Waals surface area (Å²) in [7, 11) is 0. The summed E-state index contributed by atoms with van der Waals surface area (Å²) in [4.78, 5) is 0. The summed E-state index contributed by atoms with van der Waals surface area (Å²) >= 11 is 6.04. The van der Waals surface area contributed by atoms with Crippen LogP contribution in [0.5, 0.6) is 11.5 Å². The molecule has 0 saturated heterocycles. The first kappa shape index (κ1) is 14.5. The lowest BCUT2D eigenvalue weighted by molar-refractivity contribution is 0.341. The first-order chi connectivity index (χ1) is 9.60. The zero-order valence-corrected chi connectivity index (χ0v) is 12.3. The van der Waals surface area contributed by atoms with Crippen LogP contribution in [0, 0.1) is 0 Å². The third-order valence-corrected chi connectivity index (χ3v) is 3.24. The fourth-order valence-electron chi connectivity index (χ4n) is 1.98. The number of aromatic hydroxyl groups is 1. The van der Waals surface area contributed by atoms with Crippen LogP contribution in [0.4, 0.5) is 5.69 Å². The molecule has 1 atom stereocenters. The summed E-state index contributed by atoms with van der Waals surface area (Å²) in [5.41, 5.74) is 1.94. The van der Waals surface area contributed by atoms with Crippen LogP contribution in [-0.2, 0) is 0 Å². The lowest BCUT2D eigenvalue weighted by Crippen LogP contribution is -2.08. The number of halogens is 1. The van der Waals surface area contributed by atoms with Crippen LogP contribution >= 0.6 is 11.6 Å². The number of benzene rings is 2. The van der Waals surface area contributed by atoms with Gasteiger partial charge in [-0.05, 0) is 49.7 Å². The maximum absolute atomic E-state index is 9.32. The molecule has 0 spiro atoms. The molecule has 20 heavy (non-hydrogen) atoms. The van der Waals surface area contributed by atoms with Crippen LogP contribution in [0.3, 0.4) is 0 Å². The second kappa shape index (κ2) is 6.53. The molecular weight excluding hydrogens is 274 g/mol. The first-order valence-corrected chi connectivity index (χ1v) is 6.95. The Hall–Kier alpha value is -1.87. The predicted molar refractivity (Wildman–Crippen MR) is 82.8 cm³/mol. The van der Waals surface area contributed by atoms with Crippen LogP contribution in [0.2, 0.25) is 5.02 Å². The molecule has 2 N–H and O–H groups in total. The van der Waals surface area contributed by atoms with Gasteiger partial charge in [0.2, 0.25) is 0 Å². The van der Waals surface area contributed by atoms with Gasteiger partial charge in [-0.1, -0.05) is 23.7 Å². The Balaban J connectivity index is 2.20. The molecule has 0 aliphatic carbocycles. The van der Waals surface area contributed by atoms with E-state index in [9.17, 15) is 5.11 Å². The smallest absolute Gasteiger partial charge is 0.142 e. The lowest BCUT2D eigenvalue weighted by atomic mass is 10.1. The highest BCUT2D eigenvalue weighted by molar-refractivity contribution is 6.30. The minimum atomic E-state index is 0.0771. The van der Waals surface area contributed by atoms with Gasteiger partial charge in [0.1, 0.15) is 11.5 Å². The van der Waals surface area contributed by atoms with Crippen LogP contribution < -0.4 is 10.1 Å². The zero-order chi connectivity index (χ0) is 14.5. The molecule has 2 aromatic rings. The van der Waals surface area contributed by atoms with Crippen molar-refractivity contribution in [3.63, 3.8) is 0 Å². The molecule has 0 saturated carbocycles. The maximum atomic E-state index is 9.32. The molecule has 1 unspecified atom stereocenters. The number of ether oxygens (including phenoxy) is 1. The Bertz CT molecular complexity index is 569. The fourth-order valence-corrected chi connectivity index (χ4v) is 2.15. The van der Waals surface area contributed by atoms with Gasteiger partial charge < -0.3 is 15.2 Å². The Labute approximate surface area is 124 Å². The second-order valence-corrected chi connectivity index (χ2v) is 4.97. The summed E-state index contributed by atoms with van der Waals surface area (Å²) in [6, 6.07) is 12.7. The van der Waals surface area contributed by atoms with E-state index in [1.807, 2.05) is 44.2 Å². The average Bonchev–Trinajstić information content (AvgIpc) is 2.42. The fraction of sp³-hybridized carbons (Fsp3) is 0.250. The van der Waals surface area contributed by atoms with Gasteiger partial charge >= 0.3 is 0 Å². The average molecular weight is 292 g/mol. The van der Waals surface area contributed by atoms with E-state index < -0.39 is 0 Å². The van der Waals surface area contributed by atoms with Gasteiger partial charge in [0.15, 0.2) is 0 Å². The maximum Gasteiger partial charge on any atom is 0.142 e. The van der Waals surface area contributed by atoms with Crippen LogP contribution in [0.15, 0.2) is 42.5 Å². The van der Waals surface area contributed by atoms with E-state index in [-0.39, 0.29) is 11.8 Å². The Morgan fingerprint density at radius 1 is 1.20 bits per heavy atom. The Morgan fingerprint density at radius 2 is 1.90 bits per heavy atom. The van der Waals surface area contributed by atoms with Crippen molar-refractivity contribution < 1.29 is 9.84 Å². The topological polar surface area (TPSA) is 41.5 Å². The van der Waals surface area contributed by atoms with Crippen molar-refractivity contribution in [1.82, 2.24) is 0 Å². The summed E-state index contributed by atoms with van der Waals surface area (Å²) in [5, 5.41) is 13.4. The number of phenols is 1. The van der Waals surface area contributed by atoms with E-state index >= 15 is 0 Å². The van der Waals surface area contributed by atoms with E-state index in [2.05, 4.69) is 5.32 Å². The van der Waals surface area contributed by atoms with Gasteiger partial charge in [-0.15, -0.1) is 0 Å². The summed E-state index contributed by atoms with van der Waals surface area (Å²) in [6.07, 6.45) is 0. The zero-order valence-electron chi connectivity index (χ0n) is 11.6. The second-order valence-electron chi connectivity index (χ2n) is 4.53. The quantitative estimate of drug-likeness (QED) is 0.845. The van der Waals surface area contributed by atoms with E-state index in [1.54, 1.807) is 12.1 Å². The molecule has 0 heterocycles. The molecule has 0 fully saturated rings. The molecule has 0 aromatic heterocycles. The predicted octanol–water partition coefficient (Wildman–Crippen LogP) is 4.62. The lowest BCUT2D eigenvalue weighted by Gasteiger charge is -2.18. The Morgan fingerprint density at radius 3 is 2.55 bits per heavy atom. The highest BCUT2D eigenvalue weighted by Gasteiger charge is 2.10. The number of nitrogens with one attached hydrogen (secondary N) is 1. The number of hydrogen-bond acceptors (Lipinski definition) is 3. The number of phenolic OH excluding ortho intramolecular Hbond substituents is 1. The SMILES string of the molecule is CCOc1ccc(Cl)cc1NC(C)c1ccc(O)cc1. The summed E-state index contributed by atoms with van der Waals surface area (Å²) < 4.78 is 5.59. The molecule has 0 radical (unpaired) electrons. The number of hydrogen-bond donors (Lipinski definition) is 2. The van der Waals surface area contributed by atoms with Crippen molar-refractivity contribution in [2.75, 3.05) is 11.9 Å². The number of anilines is 1. The summed E-state index contributed by atoms with van der Waals surface area (Å²) in [6.45, 7) is 4.59. The van der Waals surface area contributed by atoms with Gasteiger partial charge in [0.25, 0.3) is 0 Å². The van der Waals surface area contributed by atoms with Crippen molar-refractivity contribution in [2.45, 2.75) is 19.9 Å². The molecular formula is C16H18ClNO2. The molecule has 2 rings (SSSR count). The molecule has 0 bridgehead atoms. The summed E-state index contributed by atoms with van der Waals surface area (Å²) in [5.74, 6) is 1.04. The monoisotopic (exact) mass is 291 g/mol. The molecule has 2 aromatic carbocycles. The molecule has 4 heteroatoms. The van der Waals surface area contributed by atoms with E-state index in [0.29, 0.717) is 11.6 Å². The van der Waals surface area contributed by atoms with Crippen LogP contribution in [-0.4, -0.2) is 11.7 Å². The standard InChI is InChI=1S/C16H18ClNO2/c1-3-20-16-9-6-13(17)10-15(16)18-11(2)12-4-7-14(19)8-5-12/h4-11,18-19H,3H2,1-2H3. The van der Waals surface area contributed by atoms with Crippen LogP contribution in [0.25, 0.3) is 0 Å². The van der Waals surface area contributed by atoms with Crippen molar-refractivity contribution in [2.24, 2.45) is 0 Å². The number of rotatable bonds is 5. The van der Waals surface area contributed by atoms with E-state index in [0.717, 1.165) is 17.0 Å². The first-order valence-electron chi connectivity index (χ1n) is 6.58. The largest absolute Gasteiger partial charge is 0.508 e. The van der Waals surface area contributed by atoms with Crippen molar-refractivity contribution in [3.8, 4) is 11.5 Å². The van der Waals surface area contributed by atoms with E-state index in [4.69, 9.17) is 16.3 Å². The third-order valence-electron chi connectivity index (χ3n) is 3.01. The van der Waals surface area contributed by atoms with Crippen LogP contribution in [0.1, 0.15) is 25.5 Å². The van der Waals surface area contributed by atoms with E-state index in [1.165, 1.54) is 0 Å². The van der Waals surface area contributed by atoms with Crippen molar-refractivity contribution in [1.29, 1.82) is 0 Å². The third kappa shape index (κ3) is 3.58. The molecule has 0 aliphatic rings. The van der Waals surface area contributed by atoms with Gasteiger partial charge in [0, 0.05) is 11.1 Å². The highest BCUT2D eigenvalue weighted by Crippen LogP contribution is 2.31.